The molecule has 2 rings (SSSR count). The van der Waals surface area contributed by atoms with Gasteiger partial charge in [0, 0.05) is 6.20 Å². The summed E-state index contributed by atoms with van der Waals surface area (Å²) in [5, 5.41) is 0. The summed E-state index contributed by atoms with van der Waals surface area (Å²) in [4.78, 5) is 8.00. The van der Waals surface area contributed by atoms with E-state index in [1.165, 1.54) is 12.3 Å². The standard InChI is InChI=1S/C13H13F3N2/c1-7(2)9-4-10(13(14,15)16)12-11(5-9)17-6-8(3)18-12/h4-7H,1-3H3. The molecule has 0 aliphatic rings. The van der Waals surface area contributed by atoms with Crippen molar-refractivity contribution in [3.8, 4) is 0 Å². The van der Waals surface area contributed by atoms with Gasteiger partial charge >= 0.3 is 6.18 Å². The predicted octanol–water partition coefficient (Wildman–Crippen LogP) is 4.08. The first-order valence-corrected chi connectivity index (χ1v) is 5.63. The van der Waals surface area contributed by atoms with Crippen LogP contribution in [0.3, 0.4) is 0 Å². The quantitative estimate of drug-likeness (QED) is 0.766. The largest absolute Gasteiger partial charge is 0.418 e. The minimum Gasteiger partial charge on any atom is -0.253 e. The molecule has 2 aromatic rings. The van der Waals surface area contributed by atoms with Crippen LogP contribution in [0.2, 0.25) is 0 Å². The first-order chi connectivity index (χ1) is 8.29. The molecule has 18 heavy (non-hydrogen) atoms. The number of hydrogen-bond donors (Lipinski definition) is 0. The summed E-state index contributed by atoms with van der Waals surface area (Å²) in [6, 6.07) is 2.84. The minimum absolute atomic E-state index is 0.0126. The topological polar surface area (TPSA) is 25.8 Å². The lowest BCUT2D eigenvalue weighted by Gasteiger charge is -2.14. The number of aromatic nitrogens is 2. The molecule has 0 aliphatic heterocycles. The van der Waals surface area contributed by atoms with Crippen molar-refractivity contribution in [2.24, 2.45) is 0 Å². The highest BCUT2D eigenvalue weighted by molar-refractivity contribution is 5.79. The van der Waals surface area contributed by atoms with Crippen LogP contribution in [-0.4, -0.2) is 9.97 Å². The molecule has 0 unspecified atom stereocenters. The molecular formula is C13H13F3N2. The third-order valence-corrected chi connectivity index (χ3v) is 2.76. The highest BCUT2D eigenvalue weighted by Crippen LogP contribution is 2.35. The summed E-state index contributed by atoms with van der Waals surface area (Å²) in [5.74, 6) is 0.0126. The van der Waals surface area contributed by atoms with Crippen molar-refractivity contribution in [1.29, 1.82) is 0 Å². The number of hydrogen-bond acceptors (Lipinski definition) is 2. The number of benzene rings is 1. The lowest BCUT2D eigenvalue weighted by molar-refractivity contribution is -0.136. The zero-order chi connectivity index (χ0) is 13.5. The van der Waals surface area contributed by atoms with Crippen molar-refractivity contribution in [3.05, 3.63) is 35.2 Å². The van der Waals surface area contributed by atoms with E-state index >= 15 is 0 Å². The van der Waals surface area contributed by atoms with Crippen molar-refractivity contribution < 1.29 is 13.2 Å². The number of nitrogens with zero attached hydrogens (tertiary/aromatic N) is 2. The van der Waals surface area contributed by atoms with Gasteiger partial charge in [-0.3, -0.25) is 4.98 Å². The van der Waals surface area contributed by atoms with Crippen LogP contribution in [0.4, 0.5) is 13.2 Å². The highest BCUT2D eigenvalue weighted by atomic mass is 19.4. The van der Waals surface area contributed by atoms with Crippen LogP contribution in [0.25, 0.3) is 11.0 Å². The van der Waals surface area contributed by atoms with E-state index in [4.69, 9.17) is 0 Å². The Morgan fingerprint density at radius 3 is 2.39 bits per heavy atom. The summed E-state index contributed by atoms with van der Waals surface area (Å²) >= 11 is 0. The van der Waals surface area contributed by atoms with Gasteiger partial charge in [0.05, 0.1) is 16.8 Å². The van der Waals surface area contributed by atoms with Crippen molar-refractivity contribution in [3.63, 3.8) is 0 Å². The fourth-order valence-electron chi connectivity index (χ4n) is 1.77. The maximum atomic E-state index is 13.0. The molecule has 1 heterocycles. The normalized spacial score (nSPS) is 12.4. The van der Waals surface area contributed by atoms with Gasteiger partial charge in [0.1, 0.15) is 5.52 Å². The first-order valence-electron chi connectivity index (χ1n) is 5.63. The molecule has 0 amide bonds. The summed E-state index contributed by atoms with van der Waals surface area (Å²) in [7, 11) is 0. The van der Waals surface area contributed by atoms with Crippen molar-refractivity contribution in [2.45, 2.75) is 32.9 Å². The number of halogens is 3. The van der Waals surface area contributed by atoms with E-state index in [1.54, 1.807) is 13.0 Å². The van der Waals surface area contributed by atoms with Crippen LogP contribution in [0.1, 0.15) is 36.6 Å². The van der Waals surface area contributed by atoms with Crippen molar-refractivity contribution in [1.82, 2.24) is 9.97 Å². The van der Waals surface area contributed by atoms with Crippen LogP contribution in [0.15, 0.2) is 18.3 Å². The molecule has 0 atom stereocenters. The average Bonchev–Trinajstić information content (AvgIpc) is 2.26. The van der Waals surface area contributed by atoms with E-state index in [2.05, 4.69) is 9.97 Å². The fourth-order valence-corrected chi connectivity index (χ4v) is 1.77. The number of aryl methyl sites for hydroxylation is 1. The second-order valence-electron chi connectivity index (χ2n) is 4.60. The average molecular weight is 254 g/mol. The maximum absolute atomic E-state index is 13.0. The zero-order valence-electron chi connectivity index (χ0n) is 10.3. The van der Waals surface area contributed by atoms with Crippen LogP contribution in [-0.2, 0) is 6.18 Å². The molecule has 2 nitrogen and oxygen atoms in total. The number of fused-ring (bicyclic) bond motifs is 1. The molecule has 1 aromatic heterocycles. The molecule has 5 heteroatoms. The first kappa shape index (κ1) is 12.8. The van der Waals surface area contributed by atoms with Gasteiger partial charge in [-0.05, 0) is 30.5 Å². The third-order valence-electron chi connectivity index (χ3n) is 2.76. The molecule has 0 fully saturated rings. The van der Waals surface area contributed by atoms with Crippen LogP contribution in [0.5, 0.6) is 0 Å². The Hall–Kier alpha value is -1.65. The van der Waals surface area contributed by atoms with Crippen LogP contribution >= 0.6 is 0 Å². The van der Waals surface area contributed by atoms with Gasteiger partial charge in [0.15, 0.2) is 0 Å². The van der Waals surface area contributed by atoms with Gasteiger partial charge in [-0.25, -0.2) is 4.98 Å². The highest BCUT2D eigenvalue weighted by Gasteiger charge is 2.34. The molecule has 0 aliphatic carbocycles. The van der Waals surface area contributed by atoms with Crippen molar-refractivity contribution >= 4 is 11.0 Å². The van der Waals surface area contributed by atoms with Gasteiger partial charge in [-0.1, -0.05) is 13.8 Å². The Bertz CT molecular complexity index is 589. The summed E-state index contributed by atoms with van der Waals surface area (Å²) < 4.78 is 39.1. The lowest BCUT2D eigenvalue weighted by atomic mass is 9.99. The fraction of sp³-hybridized carbons (Fsp3) is 0.385. The Labute approximate surface area is 103 Å². The van der Waals surface area contributed by atoms with Gasteiger partial charge < -0.3 is 0 Å². The van der Waals surface area contributed by atoms with Crippen LogP contribution in [0, 0.1) is 6.92 Å². The Balaban J connectivity index is 2.82. The third kappa shape index (κ3) is 2.30. The lowest BCUT2D eigenvalue weighted by Crippen LogP contribution is -2.09. The number of rotatable bonds is 1. The van der Waals surface area contributed by atoms with Gasteiger partial charge in [0.2, 0.25) is 0 Å². The maximum Gasteiger partial charge on any atom is 0.418 e. The molecule has 0 bridgehead atoms. The number of alkyl halides is 3. The van der Waals surface area contributed by atoms with Gasteiger partial charge in [-0.2, -0.15) is 13.2 Å². The predicted molar refractivity (Wildman–Crippen MR) is 63.4 cm³/mol. The summed E-state index contributed by atoms with van der Waals surface area (Å²) in [6.45, 7) is 5.33. The zero-order valence-corrected chi connectivity index (χ0v) is 10.3. The van der Waals surface area contributed by atoms with Gasteiger partial charge in [0.25, 0.3) is 0 Å². The molecule has 1 aromatic carbocycles. The van der Waals surface area contributed by atoms with E-state index in [-0.39, 0.29) is 11.4 Å². The smallest absolute Gasteiger partial charge is 0.253 e. The Morgan fingerprint density at radius 2 is 1.83 bits per heavy atom. The Kier molecular flexibility index (Phi) is 3.00. The van der Waals surface area contributed by atoms with Crippen LogP contribution < -0.4 is 0 Å². The monoisotopic (exact) mass is 254 g/mol. The SMILES string of the molecule is Cc1cnc2cc(C(C)C)cc(C(F)(F)F)c2n1. The van der Waals surface area contributed by atoms with E-state index in [0.717, 1.165) is 0 Å². The van der Waals surface area contributed by atoms with Crippen molar-refractivity contribution in [2.75, 3.05) is 0 Å². The van der Waals surface area contributed by atoms with Gasteiger partial charge in [-0.15, -0.1) is 0 Å². The minimum atomic E-state index is -4.41. The van der Waals surface area contributed by atoms with E-state index in [0.29, 0.717) is 16.8 Å². The molecular weight excluding hydrogens is 241 g/mol. The molecule has 0 spiro atoms. The van der Waals surface area contributed by atoms with E-state index in [9.17, 15) is 13.2 Å². The molecule has 0 saturated carbocycles. The Morgan fingerprint density at radius 1 is 1.17 bits per heavy atom. The van der Waals surface area contributed by atoms with E-state index < -0.39 is 11.7 Å². The molecule has 0 saturated heterocycles. The summed E-state index contributed by atoms with van der Waals surface area (Å²) in [6.07, 6.45) is -2.93. The molecule has 0 N–H and O–H groups in total. The molecule has 0 radical (unpaired) electrons. The molecule has 96 valence electrons. The van der Waals surface area contributed by atoms with E-state index in [1.807, 2.05) is 13.8 Å². The summed E-state index contributed by atoms with van der Waals surface area (Å²) in [5.41, 5.74) is 0.601. The second-order valence-corrected chi connectivity index (χ2v) is 4.60. The second kappa shape index (κ2) is 4.23.